The Bertz CT molecular complexity index is 897. The van der Waals surface area contributed by atoms with Gasteiger partial charge in [0.2, 0.25) is 11.8 Å². The van der Waals surface area contributed by atoms with Crippen molar-refractivity contribution in [1.29, 1.82) is 0 Å². The summed E-state index contributed by atoms with van der Waals surface area (Å²) in [5, 5.41) is 13.0. The molecule has 9 nitrogen and oxygen atoms in total. The second-order valence-corrected chi connectivity index (χ2v) is 9.92. The molecule has 186 valence electrons. The minimum Gasteiger partial charge on any atom is -0.487 e. The van der Waals surface area contributed by atoms with Crippen molar-refractivity contribution in [2.45, 2.75) is 49.9 Å². The van der Waals surface area contributed by atoms with Crippen molar-refractivity contribution in [2.24, 2.45) is 5.92 Å². The number of aliphatic hydroxyl groups excluding tert-OH is 1. The highest BCUT2D eigenvalue weighted by Gasteiger charge is 2.46. The number of piperazine rings is 1. The molecule has 0 aliphatic carbocycles. The van der Waals surface area contributed by atoms with Crippen molar-refractivity contribution in [3.05, 3.63) is 23.8 Å². The molecule has 4 atom stereocenters. The number of benzene rings is 1. The van der Waals surface area contributed by atoms with Gasteiger partial charge in [0, 0.05) is 62.5 Å². The van der Waals surface area contributed by atoms with Gasteiger partial charge in [0.05, 0.1) is 19.1 Å². The molecule has 0 saturated carbocycles. The maximum Gasteiger partial charge on any atom is 0.227 e. The van der Waals surface area contributed by atoms with Crippen molar-refractivity contribution in [3.63, 3.8) is 0 Å². The van der Waals surface area contributed by atoms with Gasteiger partial charge in [-0.15, -0.1) is 0 Å². The van der Waals surface area contributed by atoms with E-state index in [4.69, 9.17) is 14.2 Å². The van der Waals surface area contributed by atoms with Gasteiger partial charge in [-0.3, -0.25) is 9.59 Å². The number of aliphatic hydroxyl groups is 1. The summed E-state index contributed by atoms with van der Waals surface area (Å²) in [4.78, 5) is 29.7. The van der Waals surface area contributed by atoms with Crippen LogP contribution in [0.15, 0.2) is 18.2 Å². The van der Waals surface area contributed by atoms with Crippen LogP contribution in [0.5, 0.6) is 5.75 Å². The maximum absolute atomic E-state index is 12.9. The fraction of sp³-hybridized carbons (Fsp3) is 0.680. The average Bonchev–Trinajstić information content (AvgIpc) is 3.22. The predicted molar refractivity (Wildman–Crippen MR) is 125 cm³/mol. The molecule has 34 heavy (non-hydrogen) atoms. The number of amides is 2. The van der Waals surface area contributed by atoms with E-state index in [0.29, 0.717) is 26.1 Å². The average molecular weight is 474 g/mol. The number of nitrogens with zero attached hydrogens (tertiary/aromatic N) is 2. The Morgan fingerprint density at radius 3 is 2.65 bits per heavy atom. The Balaban J connectivity index is 1.27. The van der Waals surface area contributed by atoms with Gasteiger partial charge in [-0.25, -0.2) is 0 Å². The molecule has 0 aromatic heterocycles. The number of carbonyl (C=O) groups is 2. The van der Waals surface area contributed by atoms with Crippen molar-refractivity contribution in [3.8, 4) is 5.75 Å². The van der Waals surface area contributed by atoms with E-state index in [1.165, 1.54) is 0 Å². The van der Waals surface area contributed by atoms with Gasteiger partial charge >= 0.3 is 0 Å². The van der Waals surface area contributed by atoms with Gasteiger partial charge < -0.3 is 34.4 Å². The van der Waals surface area contributed by atoms with E-state index in [9.17, 15) is 14.7 Å². The molecule has 1 aromatic carbocycles. The first-order valence-electron chi connectivity index (χ1n) is 12.4. The van der Waals surface area contributed by atoms with Crippen LogP contribution < -0.4 is 10.1 Å². The fourth-order valence-corrected chi connectivity index (χ4v) is 5.55. The van der Waals surface area contributed by atoms with E-state index in [1.54, 1.807) is 0 Å². The number of rotatable bonds is 5. The van der Waals surface area contributed by atoms with Crippen LogP contribution in [0.4, 0.5) is 5.69 Å². The monoisotopic (exact) mass is 473 g/mol. The summed E-state index contributed by atoms with van der Waals surface area (Å²) < 4.78 is 17.6. The SMILES string of the molecule is CN1CCN(C(=O)C[C@H]2C[C@H]3c4cc(NC(=O)C5CCOCC5)ccc4O[C@H]3[C@H](CO)O2)CC1. The second-order valence-electron chi connectivity index (χ2n) is 9.92. The number of ether oxygens (including phenoxy) is 3. The molecule has 0 radical (unpaired) electrons. The van der Waals surface area contributed by atoms with Crippen LogP contribution in [-0.2, 0) is 19.1 Å². The van der Waals surface area contributed by atoms with Crippen LogP contribution in [0.25, 0.3) is 0 Å². The van der Waals surface area contributed by atoms with Crippen LogP contribution in [0.2, 0.25) is 0 Å². The fourth-order valence-electron chi connectivity index (χ4n) is 5.55. The Morgan fingerprint density at radius 2 is 1.91 bits per heavy atom. The van der Waals surface area contributed by atoms with E-state index in [2.05, 4.69) is 17.3 Å². The minimum atomic E-state index is -0.489. The van der Waals surface area contributed by atoms with Gasteiger partial charge in [0.25, 0.3) is 0 Å². The summed E-state index contributed by atoms with van der Waals surface area (Å²) in [5.41, 5.74) is 1.75. The van der Waals surface area contributed by atoms with Crippen LogP contribution in [0, 0.1) is 5.92 Å². The molecule has 3 saturated heterocycles. The van der Waals surface area contributed by atoms with Gasteiger partial charge in [-0.05, 0) is 44.5 Å². The molecular formula is C25H35N3O6. The van der Waals surface area contributed by atoms with E-state index in [-0.39, 0.29) is 42.5 Å². The van der Waals surface area contributed by atoms with Crippen molar-refractivity contribution in [1.82, 2.24) is 9.80 Å². The van der Waals surface area contributed by atoms with Gasteiger partial charge in [0.15, 0.2) is 0 Å². The molecular weight excluding hydrogens is 438 g/mol. The van der Waals surface area contributed by atoms with E-state index in [1.807, 2.05) is 23.1 Å². The largest absolute Gasteiger partial charge is 0.487 e. The molecule has 2 N–H and O–H groups in total. The minimum absolute atomic E-state index is 0.00567. The van der Waals surface area contributed by atoms with Gasteiger partial charge in [-0.1, -0.05) is 0 Å². The highest BCUT2D eigenvalue weighted by atomic mass is 16.6. The van der Waals surface area contributed by atoms with Crippen LogP contribution in [-0.4, -0.2) is 98.1 Å². The Hall–Kier alpha value is -2.20. The van der Waals surface area contributed by atoms with Gasteiger partial charge in [0.1, 0.15) is 18.0 Å². The Morgan fingerprint density at radius 1 is 1.15 bits per heavy atom. The molecule has 9 heteroatoms. The number of likely N-dealkylation sites (N-methyl/N-ethyl adjacent to an activating group) is 1. The Kier molecular flexibility index (Phi) is 7.06. The zero-order chi connectivity index (χ0) is 23.7. The summed E-state index contributed by atoms with van der Waals surface area (Å²) in [7, 11) is 2.07. The summed E-state index contributed by atoms with van der Waals surface area (Å²) in [6.07, 6.45) is 1.37. The van der Waals surface area contributed by atoms with Crippen molar-refractivity contribution >= 4 is 17.5 Å². The van der Waals surface area contributed by atoms with Crippen molar-refractivity contribution in [2.75, 3.05) is 58.4 Å². The lowest BCUT2D eigenvalue weighted by atomic mass is 9.84. The van der Waals surface area contributed by atoms with Gasteiger partial charge in [-0.2, -0.15) is 0 Å². The zero-order valence-electron chi connectivity index (χ0n) is 19.8. The molecule has 1 aromatic rings. The predicted octanol–water partition coefficient (Wildman–Crippen LogP) is 1.21. The number of anilines is 1. The number of fused-ring (bicyclic) bond motifs is 3. The number of carbonyl (C=O) groups excluding carboxylic acids is 2. The third-order valence-electron chi connectivity index (χ3n) is 7.62. The van der Waals surface area contributed by atoms with E-state index >= 15 is 0 Å². The lowest BCUT2D eigenvalue weighted by Crippen LogP contribution is -2.50. The molecule has 5 rings (SSSR count). The quantitative estimate of drug-likeness (QED) is 0.663. The molecule has 0 bridgehead atoms. The molecule has 4 aliphatic heterocycles. The van der Waals surface area contributed by atoms with Crippen LogP contribution >= 0.6 is 0 Å². The Labute approximate surface area is 200 Å². The topological polar surface area (TPSA) is 101 Å². The summed E-state index contributed by atoms with van der Waals surface area (Å²) in [6.45, 7) is 4.31. The van der Waals surface area contributed by atoms with E-state index < -0.39 is 6.10 Å². The zero-order valence-corrected chi connectivity index (χ0v) is 19.8. The standard InChI is InChI=1S/C25H35N3O6/c1-27-6-8-28(9-7-27)23(30)14-18-13-20-19-12-17(26-25(31)16-4-10-32-11-5-16)2-3-21(19)34-24(20)22(15-29)33-18/h2-3,12,16,18,20,22,24,29H,4-11,13-15H2,1H3,(H,26,31)/t18-,20+,22+,24-/m1/s1. The number of hydrogen-bond acceptors (Lipinski definition) is 7. The molecule has 3 fully saturated rings. The molecule has 0 spiro atoms. The summed E-state index contributed by atoms with van der Waals surface area (Å²) >= 11 is 0. The molecule has 0 unspecified atom stereocenters. The molecule has 2 amide bonds. The molecule has 4 aliphatic rings. The highest BCUT2D eigenvalue weighted by Crippen LogP contribution is 2.47. The lowest BCUT2D eigenvalue weighted by Gasteiger charge is -2.38. The third-order valence-corrected chi connectivity index (χ3v) is 7.62. The lowest BCUT2D eigenvalue weighted by molar-refractivity contribution is -0.150. The van der Waals surface area contributed by atoms with E-state index in [0.717, 1.165) is 56.0 Å². The van der Waals surface area contributed by atoms with Crippen LogP contribution in [0.3, 0.4) is 0 Å². The normalized spacial score (nSPS) is 29.8. The first-order valence-corrected chi connectivity index (χ1v) is 12.4. The summed E-state index contributed by atoms with van der Waals surface area (Å²) in [6, 6.07) is 5.72. The second kappa shape index (κ2) is 10.2. The van der Waals surface area contributed by atoms with Crippen LogP contribution in [0.1, 0.15) is 37.2 Å². The smallest absolute Gasteiger partial charge is 0.227 e. The van der Waals surface area contributed by atoms with Crippen molar-refractivity contribution < 1.29 is 28.9 Å². The molecule has 4 heterocycles. The number of nitrogens with one attached hydrogen (secondary N) is 1. The first kappa shape index (κ1) is 23.5. The highest BCUT2D eigenvalue weighted by molar-refractivity contribution is 5.92. The third kappa shape index (κ3) is 4.93. The first-order chi connectivity index (χ1) is 16.5. The summed E-state index contributed by atoms with van der Waals surface area (Å²) in [5.74, 6) is 0.857. The number of hydrogen-bond donors (Lipinski definition) is 2. The maximum atomic E-state index is 12.9.